The van der Waals surface area contributed by atoms with E-state index in [4.69, 9.17) is 12.2 Å². The highest BCUT2D eigenvalue weighted by molar-refractivity contribution is 5.81. The van der Waals surface area contributed by atoms with E-state index in [2.05, 4.69) is 10.9 Å². The van der Waals surface area contributed by atoms with Gasteiger partial charge in [0.05, 0.1) is 6.04 Å². The summed E-state index contributed by atoms with van der Waals surface area (Å²) in [6.07, 6.45) is 8.83. The van der Waals surface area contributed by atoms with Crippen molar-refractivity contribution in [3.05, 3.63) is 30.1 Å². The van der Waals surface area contributed by atoms with Gasteiger partial charge in [-0.1, -0.05) is 0 Å². The minimum atomic E-state index is -0.609. The molecule has 0 aliphatic heterocycles. The molecule has 2 N–H and O–H groups in total. The summed E-state index contributed by atoms with van der Waals surface area (Å²) in [6.45, 7) is 3.07. The molecule has 0 spiro atoms. The van der Waals surface area contributed by atoms with Gasteiger partial charge < -0.3 is 10.6 Å². The number of nitrogens with two attached hydrogens (primary N) is 1. The van der Waals surface area contributed by atoms with Crippen LogP contribution >= 0.6 is 0 Å². The van der Waals surface area contributed by atoms with Gasteiger partial charge in [0, 0.05) is 31.9 Å². The highest BCUT2D eigenvalue weighted by atomic mass is 16.2. The van der Waals surface area contributed by atoms with Crippen molar-refractivity contribution in [2.75, 3.05) is 6.54 Å². The first-order valence-electron chi connectivity index (χ1n) is 5.55. The molecule has 4 nitrogen and oxygen atoms in total. The number of hydrogen-bond donors (Lipinski definition) is 1. The number of aromatic nitrogens is 1. The molecular weight excluding hydrogens is 214 g/mol. The highest BCUT2D eigenvalue weighted by Crippen LogP contribution is 2.05. The lowest BCUT2D eigenvalue weighted by molar-refractivity contribution is -0.132. The number of carbonyl (C=O) groups excluding carboxylic acids is 1. The molecule has 90 valence electrons. The molecule has 0 aliphatic carbocycles. The Balaban J connectivity index is 2.66. The third-order valence-electron chi connectivity index (χ3n) is 2.47. The van der Waals surface area contributed by atoms with E-state index in [1.165, 1.54) is 0 Å². The first kappa shape index (κ1) is 13.2. The average molecular weight is 231 g/mol. The Hall–Kier alpha value is -1.86. The zero-order chi connectivity index (χ0) is 12.7. The van der Waals surface area contributed by atoms with E-state index in [1.807, 2.05) is 19.1 Å². The smallest absolute Gasteiger partial charge is 0.240 e. The van der Waals surface area contributed by atoms with Gasteiger partial charge in [-0.3, -0.25) is 9.78 Å². The molecule has 1 amide bonds. The van der Waals surface area contributed by atoms with Gasteiger partial charge >= 0.3 is 0 Å². The van der Waals surface area contributed by atoms with Crippen LogP contribution in [0.25, 0.3) is 0 Å². The Labute approximate surface area is 102 Å². The number of amides is 1. The van der Waals surface area contributed by atoms with Crippen LogP contribution in [0, 0.1) is 12.3 Å². The van der Waals surface area contributed by atoms with Gasteiger partial charge in [-0.25, -0.2) is 0 Å². The SMILES string of the molecule is C#CCC(N)C(=O)N(CC)Cc1ccncc1. The molecule has 1 atom stereocenters. The van der Waals surface area contributed by atoms with Gasteiger partial charge in [0.2, 0.25) is 5.91 Å². The molecular formula is C13H17N3O. The summed E-state index contributed by atoms with van der Waals surface area (Å²) in [7, 11) is 0. The number of terminal acetylenes is 1. The number of pyridine rings is 1. The lowest BCUT2D eigenvalue weighted by Crippen LogP contribution is -2.43. The highest BCUT2D eigenvalue weighted by Gasteiger charge is 2.18. The van der Waals surface area contributed by atoms with Gasteiger partial charge in [0.1, 0.15) is 0 Å². The van der Waals surface area contributed by atoms with Crippen molar-refractivity contribution in [1.29, 1.82) is 0 Å². The van der Waals surface area contributed by atoms with Gasteiger partial charge in [-0.2, -0.15) is 0 Å². The fourth-order valence-corrected chi connectivity index (χ4v) is 1.50. The minimum absolute atomic E-state index is 0.109. The quantitative estimate of drug-likeness (QED) is 0.762. The molecule has 4 heteroatoms. The Morgan fingerprint density at radius 2 is 2.24 bits per heavy atom. The van der Waals surface area contributed by atoms with E-state index in [1.54, 1.807) is 17.3 Å². The van der Waals surface area contributed by atoms with E-state index in [-0.39, 0.29) is 12.3 Å². The summed E-state index contributed by atoms with van der Waals surface area (Å²) in [5, 5.41) is 0. The van der Waals surface area contributed by atoms with Gasteiger partial charge in [0.15, 0.2) is 0 Å². The van der Waals surface area contributed by atoms with Gasteiger partial charge in [0.25, 0.3) is 0 Å². The molecule has 1 heterocycles. The van der Waals surface area contributed by atoms with Crippen molar-refractivity contribution in [2.24, 2.45) is 5.73 Å². The van der Waals surface area contributed by atoms with Crippen molar-refractivity contribution >= 4 is 5.91 Å². The summed E-state index contributed by atoms with van der Waals surface area (Å²) < 4.78 is 0. The molecule has 0 saturated carbocycles. The van der Waals surface area contributed by atoms with E-state index in [9.17, 15) is 4.79 Å². The maximum atomic E-state index is 12.0. The normalized spacial score (nSPS) is 11.6. The van der Waals surface area contributed by atoms with Crippen LogP contribution in [-0.4, -0.2) is 28.4 Å². The number of carbonyl (C=O) groups is 1. The topological polar surface area (TPSA) is 59.2 Å². The van der Waals surface area contributed by atoms with Crippen molar-refractivity contribution in [3.8, 4) is 12.3 Å². The predicted octanol–water partition coefficient (Wildman–Crippen LogP) is 0.781. The van der Waals surface area contributed by atoms with Crippen molar-refractivity contribution in [1.82, 2.24) is 9.88 Å². The van der Waals surface area contributed by atoms with Crippen molar-refractivity contribution in [3.63, 3.8) is 0 Å². The molecule has 0 aromatic carbocycles. The van der Waals surface area contributed by atoms with Crippen LogP contribution < -0.4 is 5.73 Å². The first-order chi connectivity index (χ1) is 8.19. The molecule has 0 radical (unpaired) electrons. The van der Waals surface area contributed by atoms with Gasteiger partial charge in [-0.15, -0.1) is 12.3 Å². The zero-order valence-corrected chi connectivity index (χ0v) is 9.97. The second kappa shape index (κ2) is 6.66. The zero-order valence-electron chi connectivity index (χ0n) is 9.97. The van der Waals surface area contributed by atoms with E-state index < -0.39 is 6.04 Å². The second-order valence-corrected chi connectivity index (χ2v) is 3.72. The maximum absolute atomic E-state index is 12.0. The fraction of sp³-hybridized carbons (Fsp3) is 0.385. The predicted molar refractivity (Wildman–Crippen MR) is 66.8 cm³/mol. The maximum Gasteiger partial charge on any atom is 0.240 e. The molecule has 0 fully saturated rings. The Morgan fingerprint density at radius 1 is 1.59 bits per heavy atom. The average Bonchev–Trinajstić information content (AvgIpc) is 2.36. The lowest BCUT2D eigenvalue weighted by atomic mass is 10.2. The monoisotopic (exact) mass is 231 g/mol. The summed E-state index contributed by atoms with van der Waals surface area (Å²) >= 11 is 0. The van der Waals surface area contributed by atoms with Crippen LogP contribution in [0.5, 0.6) is 0 Å². The molecule has 1 rings (SSSR count). The fourth-order valence-electron chi connectivity index (χ4n) is 1.50. The van der Waals surface area contributed by atoms with Crippen molar-refractivity contribution in [2.45, 2.75) is 25.9 Å². The Bertz CT molecular complexity index is 397. The van der Waals surface area contributed by atoms with Crippen LogP contribution in [0.3, 0.4) is 0 Å². The number of rotatable bonds is 5. The molecule has 1 aromatic rings. The Kier molecular flexibility index (Phi) is 5.18. The largest absolute Gasteiger partial charge is 0.337 e. The standard InChI is InChI=1S/C13H17N3O/c1-3-5-12(14)13(17)16(4-2)10-11-6-8-15-9-7-11/h1,6-9,12H,4-5,10,14H2,2H3. The van der Waals surface area contributed by atoms with E-state index in [0.29, 0.717) is 13.1 Å². The Morgan fingerprint density at radius 3 is 2.76 bits per heavy atom. The summed E-state index contributed by atoms with van der Waals surface area (Å²) in [4.78, 5) is 17.6. The van der Waals surface area contributed by atoms with E-state index >= 15 is 0 Å². The number of likely N-dealkylation sites (N-methyl/N-ethyl adjacent to an activating group) is 1. The second-order valence-electron chi connectivity index (χ2n) is 3.72. The molecule has 0 bridgehead atoms. The van der Waals surface area contributed by atoms with Crippen LogP contribution in [-0.2, 0) is 11.3 Å². The molecule has 17 heavy (non-hydrogen) atoms. The lowest BCUT2D eigenvalue weighted by Gasteiger charge is -2.23. The molecule has 0 saturated heterocycles. The molecule has 0 aliphatic rings. The van der Waals surface area contributed by atoms with Gasteiger partial charge in [-0.05, 0) is 24.6 Å². The number of hydrogen-bond acceptors (Lipinski definition) is 3. The summed E-state index contributed by atoms with van der Waals surface area (Å²) in [5.41, 5.74) is 6.74. The van der Waals surface area contributed by atoms with Crippen LogP contribution in [0.2, 0.25) is 0 Å². The molecule has 1 aromatic heterocycles. The van der Waals surface area contributed by atoms with Crippen LogP contribution in [0.15, 0.2) is 24.5 Å². The van der Waals surface area contributed by atoms with Crippen molar-refractivity contribution < 1.29 is 4.79 Å². The summed E-state index contributed by atoms with van der Waals surface area (Å²) in [5.74, 6) is 2.30. The first-order valence-corrected chi connectivity index (χ1v) is 5.55. The minimum Gasteiger partial charge on any atom is -0.337 e. The molecule has 1 unspecified atom stereocenters. The van der Waals surface area contributed by atoms with Crippen LogP contribution in [0.1, 0.15) is 18.9 Å². The van der Waals surface area contributed by atoms with Crippen LogP contribution in [0.4, 0.5) is 0 Å². The summed E-state index contributed by atoms with van der Waals surface area (Å²) in [6, 6.07) is 3.15. The third kappa shape index (κ3) is 3.89. The van der Waals surface area contributed by atoms with E-state index in [0.717, 1.165) is 5.56 Å². The number of nitrogens with zero attached hydrogens (tertiary/aromatic N) is 2. The third-order valence-corrected chi connectivity index (χ3v) is 2.47.